The van der Waals surface area contributed by atoms with Crippen LogP contribution in [0.2, 0.25) is 0 Å². The van der Waals surface area contributed by atoms with Gasteiger partial charge >= 0.3 is 0 Å². The van der Waals surface area contributed by atoms with E-state index in [2.05, 4.69) is 34.7 Å². The number of rotatable bonds is 23. The van der Waals surface area contributed by atoms with Gasteiger partial charge < -0.3 is 36.2 Å². The van der Waals surface area contributed by atoms with E-state index in [0.717, 1.165) is 25.7 Å². The molecule has 0 radical (unpaired) electrons. The number of aliphatic hydroxyl groups excluding tert-OH is 5. The van der Waals surface area contributed by atoms with Crippen molar-refractivity contribution in [3.05, 3.63) is 30.4 Å². The summed E-state index contributed by atoms with van der Waals surface area (Å²) in [6, 6.07) is 4.99. The number of amides is 1. The standard InChI is InChI=1S/C29H51N3O6/c1-2-3-4-5-6-7-8-9-10-11-12-13-14-15-16-20-27(36)32-26-19-17-18-25(31-26)30-21-23(34)28(37)29(38)24(35)22-33/h9-10,17-19,23-24,28-29,33-35,37-38H,2-8,11-16,20-22H2,1H3,(H2,30,31,32,36)/b10-9-/t23-,24+,28+,29+/m0/s1. The van der Waals surface area contributed by atoms with Crippen LogP contribution in [-0.4, -0.2) is 74.0 Å². The minimum Gasteiger partial charge on any atom is -0.394 e. The van der Waals surface area contributed by atoms with Crippen LogP contribution < -0.4 is 10.6 Å². The summed E-state index contributed by atoms with van der Waals surface area (Å²) in [4.78, 5) is 16.5. The smallest absolute Gasteiger partial charge is 0.225 e. The highest BCUT2D eigenvalue weighted by Crippen LogP contribution is 2.13. The molecular formula is C29H51N3O6. The maximum atomic E-state index is 12.3. The molecule has 1 aromatic rings. The van der Waals surface area contributed by atoms with Crippen LogP contribution in [0.5, 0.6) is 0 Å². The molecule has 0 saturated carbocycles. The second-order valence-electron chi connectivity index (χ2n) is 9.97. The summed E-state index contributed by atoms with van der Waals surface area (Å²) in [7, 11) is 0. The Morgan fingerprint density at radius 3 is 2.00 bits per heavy atom. The van der Waals surface area contributed by atoms with Crippen molar-refractivity contribution >= 4 is 17.5 Å². The summed E-state index contributed by atoms with van der Waals surface area (Å²) in [5.74, 6) is 0.634. The molecule has 1 rings (SSSR count). The largest absolute Gasteiger partial charge is 0.394 e. The van der Waals surface area contributed by atoms with Crippen molar-refractivity contribution in [2.75, 3.05) is 23.8 Å². The lowest BCUT2D eigenvalue weighted by Gasteiger charge is -2.25. The SMILES string of the molecule is CCCCCCCC/C=C\CCCCCCCC(=O)Nc1cccc(NC[C@H](O)[C@@H](O)[C@H](O)[C@H](O)CO)n1. The Hall–Kier alpha value is -2.04. The molecule has 0 saturated heterocycles. The van der Waals surface area contributed by atoms with Gasteiger partial charge in [-0.1, -0.05) is 76.5 Å². The van der Waals surface area contributed by atoms with E-state index in [1.165, 1.54) is 57.8 Å². The molecule has 1 aromatic heterocycles. The zero-order chi connectivity index (χ0) is 28.0. The number of nitrogens with zero attached hydrogens (tertiary/aromatic N) is 1. The minimum atomic E-state index is -1.69. The fourth-order valence-corrected chi connectivity index (χ4v) is 4.06. The van der Waals surface area contributed by atoms with Gasteiger partial charge in [0.2, 0.25) is 5.91 Å². The van der Waals surface area contributed by atoms with Crippen LogP contribution in [0.25, 0.3) is 0 Å². The fourth-order valence-electron chi connectivity index (χ4n) is 4.06. The number of hydrogen-bond donors (Lipinski definition) is 7. The van der Waals surface area contributed by atoms with Gasteiger partial charge in [-0.05, 0) is 44.2 Å². The van der Waals surface area contributed by atoms with Crippen LogP contribution in [0.3, 0.4) is 0 Å². The van der Waals surface area contributed by atoms with Crippen molar-refractivity contribution < 1.29 is 30.3 Å². The Kier molecular flexibility index (Phi) is 19.5. The van der Waals surface area contributed by atoms with Gasteiger partial charge in [-0.2, -0.15) is 0 Å². The van der Waals surface area contributed by atoms with Crippen molar-refractivity contribution in [3.63, 3.8) is 0 Å². The molecule has 1 amide bonds. The van der Waals surface area contributed by atoms with Gasteiger partial charge in [0, 0.05) is 13.0 Å². The summed E-state index contributed by atoms with van der Waals surface area (Å²) >= 11 is 0. The second-order valence-corrected chi connectivity index (χ2v) is 9.97. The molecule has 38 heavy (non-hydrogen) atoms. The van der Waals surface area contributed by atoms with Crippen LogP contribution in [0.15, 0.2) is 30.4 Å². The number of aliphatic hydroxyl groups is 5. The maximum Gasteiger partial charge on any atom is 0.225 e. The third kappa shape index (κ3) is 16.0. The second kappa shape index (κ2) is 21.8. The molecule has 9 heteroatoms. The summed E-state index contributed by atoms with van der Waals surface area (Å²) in [6.45, 7) is 1.35. The molecule has 0 aliphatic carbocycles. The molecule has 0 bridgehead atoms. The molecule has 218 valence electrons. The van der Waals surface area contributed by atoms with Crippen molar-refractivity contribution in [1.82, 2.24) is 4.98 Å². The first-order valence-electron chi connectivity index (χ1n) is 14.4. The van der Waals surface area contributed by atoms with Crippen molar-refractivity contribution in [2.24, 2.45) is 0 Å². The zero-order valence-electron chi connectivity index (χ0n) is 23.1. The lowest BCUT2D eigenvalue weighted by Crippen LogP contribution is -2.48. The predicted octanol–water partition coefficient (Wildman–Crippen LogP) is 3.91. The van der Waals surface area contributed by atoms with E-state index < -0.39 is 31.0 Å². The van der Waals surface area contributed by atoms with Gasteiger partial charge in [0.1, 0.15) is 29.9 Å². The van der Waals surface area contributed by atoms with Gasteiger partial charge in [-0.25, -0.2) is 4.98 Å². The van der Waals surface area contributed by atoms with Gasteiger partial charge in [0.25, 0.3) is 0 Å². The van der Waals surface area contributed by atoms with Crippen LogP contribution in [-0.2, 0) is 4.79 Å². The first-order valence-corrected chi connectivity index (χ1v) is 14.4. The highest BCUT2D eigenvalue weighted by atomic mass is 16.4. The van der Waals surface area contributed by atoms with Crippen molar-refractivity contribution in [1.29, 1.82) is 0 Å². The number of carbonyl (C=O) groups is 1. The van der Waals surface area contributed by atoms with Gasteiger partial charge in [0.15, 0.2) is 0 Å². The van der Waals surface area contributed by atoms with Crippen LogP contribution in [0.4, 0.5) is 11.6 Å². The van der Waals surface area contributed by atoms with E-state index in [0.29, 0.717) is 18.1 Å². The molecule has 0 spiro atoms. The highest BCUT2D eigenvalue weighted by molar-refractivity contribution is 5.89. The van der Waals surface area contributed by atoms with E-state index in [1.54, 1.807) is 18.2 Å². The summed E-state index contributed by atoms with van der Waals surface area (Å²) in [6.07, 6.45) is 14.4. The third-order valence-electron chi connectivity index (χ3n) is 6.50. The Bertz CT molecular complexity index is 764. The predicted molar refractivity (Wildman–Crippen MR) is 152 cm³/mol. The molecule has 0 aliphatic heterocycles. The number of hydrogen-bond acceptors (Lipinski definition) is 8. The number of aromatic nitrogens is 1. The summed E-state index contributed by atoms with van der Waals surface area (Å²) in [5.41, 5.74) is 0. The average Bonchev–Trinajstić information content (AvgIpc) is 2.92. The number of carbonyl (C=O) groups excluding carboxylic acids is 1. The van der Waals surface area contributed by atoms with E-state index in [-0.39, 0.29) is 12.5 Å². The minimum absolute atomic E-state index is 0.108. The molecule has 4 atom stereocenters. The number of pyridine rings is 1. The number of anilines is 2. The summed E-state index contributed by atoms with van der Waals surface area (Å²) in [5, 5.41) is 53.4. The quantitative estimate of drug-likeness (QED) is 0.0819. The highest BCUT2D eigenvalue weighted by Gasteiger charge is 2.29. The molecule has 9 nitrogen and oxygen atoms in total. The van der Waals surface area contributed by atoms with E-state index in [9.17, 15) is 25.2 Å². The molecule has 0 aliphatic rings. The van der Waals surface area contributed by atoms with Crippen LogP contribution >= 0.6 is 0 Å². The Morgan fingerprint density at radius 1 is 0.816 bits per heavy atom. The summed E-state index contributed by atoms with van der Waals surface area (Å²) < 4.78 is 0. The number of nitrogens with one attached hydrogen (secondary N) is 2. The van der Waals surface area contributed by atoms with Crippen LogP contribution in [0.1, 0.15) is 96.8 Å². The Labute approximate surface area is 228 Å². The van der Waals surface area contributed by atoms with Gasteiger partial charge in [-0.3, -0.25) is 4.79 Å². The molecule has 0 unspecified atom stereocenters. The van der Waals surface area contributed by atoms with E-state index in [4.69, 9.17) is 5.11 Å². The number of unbranched alkanes of at least 4 members (excludes halogenated alkanes) is 11. The molecule has 7 N–H and O–H groups in total. The third-order valence-corrected chi connectivity index (χ3v) is 6.50. The topological polar surface area (TPSA) is 155 Å². The van der Waals surface area contributed by atoms with E-state index in [1.807, 2.05) is 0 Å². The molecular weight excluding hydrogens is 486 g/mol. The first-order chi connectivity index (χ1) is 18.4. The van der Waals surface area contributed by atoms with Crippen molar-refractivity contribution in [3.8, 4) is 0 Å². The molecule has 0 fully saturated rings. The monoisotopic (exact) mass is 537 g/mol. The van der Waals surface area contributed by atoms with Gasteiger partial charge in [-0.15, -0.1) is 0 Å². The normalized spacial score (nSPS) is 14.8. The van der Waals surface area contributed by atoms with Crippen molar-refractivity contribution in [2.45, 2.75) is 121 Å². The average molecular weight is 538 g/mol. The zero-order valence-corrected chi connectivity index (χ0v) is 23.1. The first kappa shape index (κ1) is 34.0. The van der Waals surface area contributed by atoms with E-state index >= 15 is 0 Å². The maximum absolute atomic E-state index is 12.3. The Morgan fingerprint density at radius 2 is 1.37 bits per heavy atom. The molecule has 1 heterocycles. The van der Waals surface area contributed by atoms with Gasteiger partial charge in [0.05, 0.1) is 12.7 Å². The van der Waals surface area contributed by atoms with Crippen LogP contribution in [0, 0.1) is 0 Å². The fraction of sp³-hybridized carbons (Fsp3) is 0.724. The lowest BCUT2D eigenvalue weighted by atomic mass is 10.0. The lowest BCUT2D eigenvalue weighted by molar-refractivity contribution is -0.116. The number of allylic oxidation sites excluding steroid dienone is 2. The molecule has 0 aromatic carbocycles. The Balaban J connectivity index is 2.14.